The zero-order chi connectivity index (χ0) is 11.5. The van der Waals surface area contributed by atoms with Gasteiger partial charge in [-0.15, -0.1) is 6.58 Å². The van der Waals surface area contributed by atoms with Crippen molar-refractivity contribution in [3.05, 3.63) is 30.9 Å². The van der Waals surface area contributed by atoms with Crippen molar-refractivity contribution in [3.63, 3.8) is 0 Å². The topological polar surface area (TPSA) is 41.6 Å². The Kier molecular flexibility index (Phi) is 2.81. The fraction of sp³-hybridized carbons (Fsp3) is 0.250. The molecular weight excluding hydrogens is 204 g/mol. The van der Waals surface area contributed by atoms with Crippen molar-refractivity contribution in [2.24, 2.45) is 0 Å². The smallest absolute Gasteiger partial charge is 0.244 e. The molecule has 4 nitrogen and oxygen atoms in total. The molecule has 0 aliphatic carbocycles. The quantitative estimate of drug-likeness (QED) is 0.784. The molecule has 0 aromatic heterocycles. The number of fused-ring (bicyclic) bond motifs is 1. The van der Waals surface area contributed by atoms with Crippen molar-refractivity contribution < 1.29 is 9.53 Å². The number of methoxy groups -OCH3 is 1. The highest BCUT2D eigenvalue weighted by atomic mass is 16.5. The van der Waals surface area contributed by atoms with E-state index in [2.05, 4.69) is 11.9 Å². The SMILES string of the molecule is C=CCN1CC(=O)Nc2c(OC)cccc21. The van der Waals surface area contributed by atoms with Gasteiger partial charge in [-0.3, -0.25) is 4.79 Å². The molecule has 0 spiro atoms. The molecule has 1 amide bonds. The van der Waals surface area contributed by atoms with Crippen molar-refractivity contribution in [2.45, 2.75) is 0 Å². The van der Waals surface area contributed by atoms with E-state index >= 15 is 0 Å². The molecule has 1 aromatic carbocycles. The number of hydrogen-bond acceptors (Lipinski definition) is 3. The van der Waals surface area contributed by atoms with Crippen LogP contribution in [0.2, 0.25) is 0 Å². The van der Waals surface area contributed by atoms with Gasteiger partial charge in [0.2, 0.25) is 5.91 Å². The Morgan fingerprint density at radius 3 is 3.12 bits per heavy atom. The van der Waals surface area contributed by atoms with E-state index in [9.17, 15) is 4.79 Å². The summed E-state index contributed by atoms with van der Waals surface area (Å²) in [5.41, 5.74) is 1.71. The van der Waals surface area contributed by atoms with Gasteiger partial charge >= 0.3 is 0 Å². The van der Waals surface area contributed by atoms with Gasteiger partial charge in [0, 0.05) is 6.54 Å². The van der Waals surface area contributed by atoms with Gasteiger partial charge in [-0.2, -0.15) is 0 Å². The number of amides is 1. The highest BCUT2D eigenvalue weighted by molar-refractivity contribution is 6.03. The number of carbonyl (C=O) groups is 1. The lowest BCUT2D eigenvalue weighted by atomic mass is 10.1. The molecule has 0 radical (unpaired) electrons. The number of carbonyl (C=O) groups excluding carboxylic acids is 1. The normalized spacial score (nSPS) is 14.1. The van der Waals surface area contributed by atoms with Crippen LogP contribution in [0, 0.1) is 0 Å². The molecule has 0 unspecified atom stereocenters. The van der Waals surface area contributed by atoms with Crippen LogP contribution in [0.1, 0.15) is 0 Å². The van der Waals surface area contributed by atoms with Crippen molar-refractivity contribution in [1.29, 1.82) is 0 Å². The monoisotopic (exact) mass is 218 g/mol. The van der Waals surface area contributed by atoms with E-state index < -0.39 is 0 Å². The Morgan fingerprint density at radius 2 is 2.44 bits per heavy atom. The third-order valence-corrected chi connectivity index (χ3v) is 2.51. The first kappa shape index (κ1) is 10.5. The minimum atomic E-state index is -0.0288. The second kappa shape index (κ2) is 4.26. The second-order valence-electron chi connectivity index (χ2n) is 3.57. The van der Waals surface area contributed by atoms with E-state index in [1.54, 1.807) is 13.2 Å². The molecule has 0 fully saturated rings. The number of ether oxygens (including phenoxy) is 1. The highest BCUT2D eigenvalue weighted by Gasteiger charge is 2.23. The van der Waals surface area contributed by atoms with Crippen LogP contribution in [0.4, 0.5) is 11.4 Å². The molecule has 0 saturated heterocycles. The molecular formula is C12H14N2O2. The van der Waals surface area contributed by atoms with E-state index in [0.717, 1.165) is 11.4 Å². The summed E-state index contributed by atoms with van der Waals surface area (Å²) in [5.74, 6) is 0.651. The summed E-state index contributed by atoms with van der Waals surface area (Å²) in [6.07, 6.45) is 1.78. The van der Waals surface area contributed by atoms with E-state index in [1.807, 2.05) is 23.1 Å². The minimum absolute atomic E-state index is 0.0288. The molecule has 1 heterocycles. The largest absolute Gasteiger partial charge is 0.494 e. The summed E-state index contributed by atoms with van der Waals surface area (Å²) >= 11 is 0. The minimum Gasteiger partial charge on any atom is -0.494 e. The third kappa shape index (κ3) is 1.74. The lowest BCUT2D eigenvalue weighted by Gasteiger charge is -2.30. The molecule has 4 heteroatoms. The van der Waals surface area contributed by atoms with Gasteiger partial charge in [0.25, 0.3) is 0 Å². The van der Waals surface area contributed by atoms with E-state index in [4.69, 9.17) is 4.74 Å². The molecule has 1 aliphatic heterocycles. The van der Waals surface area contributed by atoms with E-state index in [-0.39, 0.29) is 5.91 Å². The summed E-state index contributed by atoms with van der Waals surface area (Å²) in [4.78, 5) is 13.5. The Labute approximate surface area is 94.5 Å². The van der Waals surface area contributed by atoms with Crippen molar-refractivity contribution in [2.75, 3.05) is 30.4 Å². The summed E-state index contributed by atoms with van der Waals surface area (Å²) in [5, 5.41) is 2.83. The van der Waals surface area contributed by atoms with E-state index in [1.165, 1.54) is 0 Å². The third-order valence-electron chi connectivity index (χ3n) is 2.51. The number of benzene rings is 1. The van der Waals surface area contributed by atoms with Crippen LogP contribution in [0.3, 0.4) is 0 Å². The van der Waals surface area contributed by atoms with E-state index in [0.29, 0.717) is 18.8 Å². The van der Waals surface area contributed by atoms with Gasteiger partial charge in [0.15, 0.2) is 0 Å². The van der Waals surface area contributed by atoms with Gasteiger partial charge in [0.05, 0.1) is 19.3 Å². The maximum atomic E-state index is 11.5. The number of anilines is 2. The van der Waals surface area contributed by atoms with Gasteiger partial charge in [-0.25, -0.2) is 0 Å². The molecule has 0 atom stereocenters. The van der Waals surface area contributed by atoms with Gasteiger partial charge < -0.3 is 15.0 Å². The van der Waals surface area contributed by atoms with Crippen molar-refractivity contribution in [3.8, 4) is 5.75 Å². The predicted octanol–water partition coefficient (Wildman–Crippen LogP) is 1.64. The molecule has 1 aliphatic rings. The average molecular weight is 218 g/mol. The maximum Gasteiger partial charge on any atom is 0.244 e. The summed E-state index contributed by atoms with van der Waals surface area (Å²) in [6.45, 7) is 4.69. The van der Waals surface area contributed by atoms with Crippen molar-refractivity contribution >= 4 is 17.3 Å². The maximum absolute atomic E-state index is 11.5. The first-order chi connectivity index (χ1) is 7.76. The predicted molar refractivity (Wildman–Crippen MR) is 64.0 cm³/mol. The fourth-order valence-corrected chi connectivity index (χ4v) is 1.84. The van der Waals surface area contributed by atoms with Crippen molar-refractivity contribution in [1.82, 2.24) is 0 Å². The summed E-state index contributed by atoms with van der Waals surface area (Å²) < 4.78 is 5.22. The first-order valence-corrected chi connectivity index (χ1v) is 5.09. The molecule has 1 N–H and O–H groups in total. The number of rotatable bonds is 3. The zero-order valence-corrected chi connectivity index (χ0v) is 9.19. The molecule has 1 aromatic rings. The van der Waals surface area contributed by atoms with Crippen LogP contribution in [-0.2, 0) is 4.79 Å². The van der Waals surface area contributed by atoms with Crippen LogP contribution in [0.5, 0.6) is 5.75 Å². The number of hydrogen-bond donors (Lipinski definition) is 1. The molecule has 16 heavy (non-hydrogen) atoms. The number of nitrogens with one attached hydrogen (secondary N) is 1. The lowest BCUT2D eigenvalue weighted by Crippen LogP contribution is -2.38. The molecule has 0 bridgehead atoms. The highest BCUT2D eigenvalue weighted by Crippen LogP contribution is 2.37. The van der Waals surface area contributed by atoms with Crippen LogP contribution in [-0.4, -0.2) is 26.1 Å². The molecule has 84 valence electrons. The summed E-state index contributed by atoms with van der Waals surface area (Å²) in [6, 6.07) is 5.70. The Balaban J connectivity index is 2.46. The number of nitrogens with zero attached hydrogens (tertiary/aromatic N) is 1. The van der Waals surface area contributed by atoms with Crippen LogP contribution >= 0.6 is 0 Å². The average Bonchev–Trinajstić information content (AvgIpc) is 2.28. The van der Waals surface area contributed by atoms with Crippen LogP contribution in [0.25, 0.3) is 0 Å². The van der Waals surface area contributed by atoms with Crippen LogP contribution in [0.15, 0.2) is 30.9 Å². The standard InChI is InChI=1S/C12H14N2O2/c1-3-7-14-8-11(15)13-12-9(14)5-4-6-10(12)16-2/h3-6H,1,7-8H2,2H3,(H,13,15). The molecule has 0 saturated carbocycles. The van der Waals surface area contributed by atoms with Gasteiger partial charge in [-0.1, -0.05) is 12.1 Å². The first-order valence-electron chi connectivity index (χ1n) is 5.09. The van der Waals surface area contributed by atoms with Crippen LogP contribution < -0.4 is 15.0 Å². The van der Waals surface area contributed by atoms with Gasteiger partial charge in [0.1, 0.15) is 11.4 Å². The number of para-hydroxylation sites is 1. The zero-order valence-electron chi connectivity index (χ0n) is 9.19. The summed E-state index contributed by atoms with van der Waals surface area (Å²) in [7, 11) is 1.59. The Hall–Kier alpha value is -1.97. The second-order valence-corrected chi connectivity index (χ2v) is 3.57. The fourth-order valence-electron chi connectivity index (χ4n) is 1.84. The molecule has 2 rings (SSSR count). The Bertz CT molecular complexity index is 429. The Morgan fingerprint density at radius 1 is 1.62 bits per heavy atom. The lowest BCUT2D eigenvalue weighted by molar-refractivity contribution is -0.115. The van der Waals surface area contributed by atoms with Gasteiger partial charge in [-0.05, 0) is 12.1 Å².